The van der Waals surface area contributed by atoms with Crippen molar-refractivity contribution in [3.8, 4) is 22.3 Å². The van der Waals surface area contributed by atoms with Gasteiger partial charge >= 0.3 is 0 Å². The second-order valence-corrected chi connectivity index (χ2v) is 14.5. The molecule has 8 aromatic carbocycles. The normalized spacial score (nSPS) is 15.1. The Morgan fingerprint density at radius 2 is 1.00 bits per heavy atom. The van der Waals surface area contributed by atoms with Crippen LogP contribution in [-0.2, 0) is 10.8 Å². The molecular formula is C48H33N. The first-order chi connectivity index (χ1) is 24.1. The van der Waals surface area contributed by atoms with E-state index in [1.54, 1.807) is 0 Å². The van der Waals surface area contributed by atoms with Gasteiger partial charge < -0.3 is 4.90 Å². The summed E-state index contributed by atoms with van der Waals surface area (Å²) in [6.07, 6.45) is 0. The molecule has 0 saturated heterocycles. The molecule has 0 atom stereocenters. The maximum absolute atomic E-state index is 2.48. The Bertz CT molecular complexity index is 2630. The second-order valence-electron chi connectivity index (χ2n) is 14.5. The molecule has 0 fully saturated rings. The van der Waals surface area contributed by atoms with Crippen molar-refractivity contribution in [1.82, 2.24) is 0 Å². The molecule has 3 aliphatic rings. The van der Waals surface area contributed by atoms with Gasteiger partial charge in [0.25, 0.3) is 0 Å². The topological polar surface area (TPSA) is 3.24 Å². The largest absolute Gasteiger partial charge is 0.310 e. The van der Waals surface area contributed by atoms with Gasteiger partial charge in [0.1, 0.15) is 0 Å². The zero-order chi connectivity index (χ0) is 32.5. The molecule has 0 aliphatic heterocycles. The number of nitrogens with zero attached hydrogens (tertiary/aromatic N) is 1. The molecule has 0 unspecified atom stereocenters. The molecule has 0 N–H and O–H groups in total. The van der Waals surface area contributed by atoms with Crippen molar-refractivity contribution in [3.63, 3.8) is 0 Å². The number of hydrogen-bond donors (Lipinski definition) is 0. The van der Waals surface area contributed by atoms with Crippen LogP contribution in [0.1, 0.15) is 47.2 Å². The molecular weight excluding hydrogens is 591 g/mol. The van der Waals surface area contributed by atoms with Crippen LogP contribution in [0.5, 0.6) is 0 Å². The second kappa shape index (κ2) is 9.36. The summed E-state index contributed by atoms with van der Waals surface area (Å²) < 4.78 is 0. The third-order valence-electron chi connectivity index (χ3n) is 11.8. The third-order valence-corrected chi connectivity index (χ3v) is 11.8. The Hall–Kier alpha value is -5.92. The molecule has 1 heteroatoms. The van der Waals surface area contributed by atoms with Gasteiger partial charge in [-0.3, -0.25) is 0 Å². The molecule has 230 valence electrons. The predicted octanol–water partition coefficient (Wildman–Crippen LogP) is 12.4. The first-order valence-corrected chi connectivity index (χ1v) is 17.4. The van der Waals surface area contributed by atoms with E-state index in [-0.39, 0.29) is 10.8 Å². The summed E-state index contributed by atoms with van der Waals surface area (Å²) in [5.41, 5.74) is 17.0. The van der Waals surface area contributed by atoms with Crippen LogP contribution in [-0.4, -0.2) is 0 Å². The minimum atomic E-state index is -0.130. The summed E-state index contributed by atoms with van der Waals surface area (Å²) in [5, 5.41) is 5.46. The summed E-state index contributed by atoms with van der Waals surface area (Å²) in [7, 11) is 0. The average Bonchev–Trinajstić information content (AvgIpc) is 3.37. The highest BCUT2D eigenvalue weighted by atomic mass is 15.1. The highest BCUT2D eigenvalue weighted by Gasteiger charge is 2.54. The number of rotatable bonds is 4. The first kappa shape index (κ1) is 27.1. The van der Waals surface area contributed by atoms with E-state index in [9.17, 15) is 0 Å². The molecule has 11 rings (SSSR count). The summed E-state index contributed by atoms with van der Waals surface area (Å²) in [6, 6.07) is 61.2. The fourth-order valence-electron chi connectivity index (χ4n) is 9.61. The van der Waals surface area contributed by atoms with Crippen LogP contribution >= 0.6 is 0 Å². The first-order valence-electron chi connectivity index (χ1n) is 17.4. The van der Waals surface area contributed by atoms with Gasteiger partial charge in [-0.25, -0.2) is 0 Å². The molecule has 1 nitrogen and oxygen atoms in total. The van der Waals surface area contributed by atoms with Gasteiger partial charge in [0.15, 0.2) is 0 Å². The van der Waals surface area contributed by atoms with Crippen LogP contribution in [0.25, 0.3) is 43.8 Å². The predicted molar refractivity (Wildman–Crippen MR) is 205 cm³/mol. The number of benzene rings is 8. The van der Waals surface area contributed by atoms with E-state index >= 15 is 0 Å². The minimum Gasteiger partial charge on any atom is -0.310 e. The van der Waals surface area contributed by atoms with Crippen molar-refractivity contribution in [3.05, 3.63) is 197 Å². The average molecular weight is 624 g/mol. The van der Waals surface area contributed by atoms with Crippen molar-refractivity contribution >= 4 is 38.6 Å². The third kappa shape index (κ3) is 3.30. The standard InChI is InChI=1S/C48H33N/c1-47(2)38-17-7-6-15-35(38)36-26-25-34(29-43(36)47)49(33-23-21-31(22-24-33)30-11-4-3-5-12-30)44-28-27-42-46-37(44)16-10-20-41(46)48(42)39-18-8-13-32-14-9-19-40(48)45(32)39/h3-29H,1-2H3. The molecule has 3 aliphatic carbocycles. The lowest BCUT2D eigenvalue weighted by Gasteiger charge is -2.52. The lowest BCUT2D eigenvalue weighted by atomic mass is 9.49. The van der Waals surface area contributed by atoms with Gasteiger partial charge in [-0.1, -0.05) is 147 Å². The van der Waals surface area contributed by atoms with Crippen LogP contribution in [0.4, 0.5) is 17.1 Å². The van der Waals surface area contributed by atoms with Crippen LogP contribution in [0.15, 0.2) is 164 Å². The van der Waals surface area contributed by atoms with Gasteiger partial charge in [-0.05, 0) is 102 Å². The van der Waals surface area contributed by atoms with E-state index in [2.05, 4.69) is 183 Å². The zero-order valence-electron chi connectivity index (χ0n) is 27.5. The van der Waals surface area contributed by atoms with Crippen molar-refractivity contribution in [2.24, 2.45) is 0 Å². The quantitative estimate of drug-likeness (QED) is 0.189. The molecule has 8 aromatic rings. The molecule has 0 radical (unpaired) electrons. The van der Waals surface area contributed by atoms with Gasteiger partial charge in [0, 0.05) is 22.2 Å². The molecule has 49 heavy (non-hydrogen) atoms. The Morgan fingerprint density at radius 3 is 1.78 bits per heavy atom. The maximum Gasteiger partial charge on any atom is 0.0726 e. The van der Waals surface area contributed by atoms with Crippen molar-refractivity contribution < 1.29 is 0 Å². The van der Waals surface area contributed by atoms with Gasteiger partial charge in [0.05, 0.1) is 11.1 Å². The molecule has 0 bridgehead atoms. The van der Waals surface area contributed by atoms with Crippen LogP contribution in [0.2, 0.25) is 0 Å². The Labute approximate surface area is 286 Å². The van der Waals surface area contributed by atoms with E-state index < -0.39 is 0 Å². The number of fused-ring (bicyclic) bond motifs is 7. The Kier molecular flexibility index (Phi) is 5.17. The molecule has 1 spiro atoms. The van der Waals surface area contributed by atoms with Gasteiger partial charge in [-0.15, -0.1) is 0 Å². The van der Waals surface area contributed by atoms with Crippen molar-refractivity contribution in [1.29, 1.82) is 0 Å². The van der Waals surface area contributed by atoms with E-state index in [1.165, 1.54) is 88.6 Å². The van der Waals surface area contributed by atoms with Crippen molar-refractivity contribution in [2.75, 3.05) is 4.90 Å². The van der Waals surface area contributed by atoms with Gasteiger partial charge in [0.2, 0.25) is 0 Å². The maximum atomic E-state index is 2.48. The smallest absolute Gasteiger partial charge is 0.0726 e. The van der Waals surface area contributed by atoms with Gasteiger partial charge in [-0.2, -0.15) is 0 Å². The molecule has 0 amide bonds. The van der Waals surface area contributed by atoms with E-state index in [0.29, 0.717) is 0 Å². The number of hydrogen-bond acceptors (Lipinski definition) is 1. The van der Waals surface area contributed by atoms with E-state index in [4.69, 9.17) is 0 Å². The molecule has 0 heterocycles. The Morgan fingerprint density at radius 1 is 0.408 bits per heavy atom. The fraction of sp³-hybridized carbons (Fsp3) is 0.0833. The lowest BCUT2D eigenvalue weighted by molar-refractivity contribution is 0.660. The van der Waals surface area contributed by atoms with Crippen LogP contribution in [0, 0.1) is 0 Å². The summed E-state index contributed by atoms with van der Waals surface area (Å²) in [5.74, 6) is 0. The van der Waals surface area contributed by atoms with Crippen LogP contribution in [0.3, 0.4) is 0 Å². The van der Waals surface area contributed by atoms with E-state index in [0.717, 1.165) is 5.69 Å². The summed E-state index contributed by atoms with van der Waals surface area (Å²) in [6.45, 7) is 4.73. The van der Waals surface area contributed by atoms with Crippen molar-refractivity contribution in [2.45, 2.75) is 24.7 Å². The Balaban J connectivity index is 1.11. The van der Waals surface area contributed by atoms with E-state index in [1.807, 2.05) is 0 Å². The minimum absolute atomic E-state index is 0.0830. The summed E-state index contributed by atoms with van der Waals surface area (Å²) >= 11 is 0. The SMILES string of the molecule is CC1(C)c2ccccc2-c2ccc(N(c3ccc(-c4ccccc4)cc3)c3ccc4c5c(cccc35)C43c4cccc5cccc3c45)cc21. The number of anilines is 3. The summed E-state index contributed by atoms with van der Waals surface area (Å²) in [4.78, 5) is 2.48. The lowest BCUT2D eigenvalue weighted by Crippen LogP contribution is -2.43. The monoisotopic (exact) mass is 623 g/mol. The molecule has 0 saturated carbocycles. The zero-order valence-corrected chi connectivity index (χ0v) is 27.5. The van der Waals surface area contributed by atoms with Crippen LogP contribution < -0.4 is 4.90 Å². The fourth-order valence-corrected chi connectivity index (χ4v) is 9.61. The molecule has 0 aromatic heterocycles. The highest BCUT2D eigenvalue weighted by Crippen LogP contribution is 2.65. The highest BCUT2D eigenvalue weighted by molar-refractivity contribution is 6.14.